The van der Waals surface area contributed by atoms with E-state index in [0.717, 1.165) is 14.5 Å². The lowest BCUT2D eigenvalue weighted by molar-refractivity contribution is -0.115. The molecular formula is C17H11Br2FN2O2S. The van der Waals surface area contributed by atoms with Gasteiger partial charge in [-0.25, -0.2) is 9.38 Å². The third-order valence-corrected chi connectivity index (χ3v) is 5.32. The van der Waals surface area contributed by atoms with Crippen LogP contribution in [-0.2, 0) is 4.79 Å². The molecule has 0 radical (unpaired) electrons. The van der Waals surface area contributed by atoms with E-state index in [1.54, 1.807) is 25.3 Å². The summed E-state index contributed by atoms with van der Waals surface area (Å²) in [6.07, 6.45) is 1.77. The van der Waals surface area contributed by atoms with Crippen molar-refractivity contribution in [3.63, 3.8) is 0 Å². The fraction of sp³-hybridized carbons (Fsp3) is 0.0588. The maximum atomic E-state index is 12.9. The monoisotopic (exact) mass is 484 g/mol. The van der Waals surface area contributed by atoms with Gasteiger partial charge in [0.05, 0.1) is 26.6 Å². The van der Waals surface area contributed by atoms with Crippen LogP contribution in [0, 0.1) is 5.82 Å². The molecule has 0 bridgehead atoms. The number of amides is 1. The number of benzene rings is 2. The molecule has 3 rings (SSSR count). The number of rotatable bonds is 3. The van der Waals surface area contributed by atoms with Gasteiger partial charge in [0.15, 0.2) is 5.17 Å². The molecule has 0 aromatic heterocycles. The van der Waals surface area contributed by atoms with Gasteiger partial charge < -0.3 is 10.1 Å². The van der Waals surface area contributed by atoms with Gasteiger partial charge in [0.25, 0.3) is 5.91 Å². The number of carbonyl (C=O) groups is 1. The standard InChI is InChI=1S/C17H11Br2FN2O2S/c1-24-15-12(18)6-9(7-13(15)19)8-14-16(23)22-17(25-14)21-11-4-2-10(20)3-5-11/h2-8H,1H3,(H,21,22,23)/b14-8+. The summed E-state index contributed by atoms with van der Waals surface area (Å²) in [5.41, 5.74) is 1.40. The van der Waals surface area contributed by atoms with Gasteiger partial charge in [-0.2, -0.15) is 0 Å². The van der Waals surface area contributed by atoms with Gasteiger partial charge in [0, 0.05) is 0 Å². The molecule has 1 heterocycles. The first-order valence-corrected chi connectivity index (χ1v) is 9.44. The highest BCUT2D eigenvalue weighted by Gasteiger charge is 2.24. The zero-order valence-corrected chi connectivity index (χ0v) is 16.8. The normalized spacial score (nSPS) is 17.2. The first-order valence-electron chi connectivity index (χ1n) is 7.04. The Kier molecular flexibility index (Phi) is 5.61. The van der Waals surface area contributed by atoms with Gasteiger partial charge in [-0.15, -0.1) is 0 Å². The summed E-state index contributed by atoms with van der Waals surface area (Å²) in [5, 5.41) is 3.16. The van der Waals surface area contributed by atoms with Crippen LogP contribution in [-0.4, -0.2) is 18.2 Å². The van der Waals surface area contributed by atoms with E-state index in [1.807, 2.05) is 12.1 Å². The summed E-state index contributed by atoms with van der Waals surface area (Å²) in [6.45, 7) is 0. The van der Waals surface area contributed by atoms with Crippen molar-refractivity contribution in [2.75, 3.05) is 7.11 Å². The summed E-state index contributed by atoms with van der Waals surface area (Å²) in [6, 6.07) is 9.47. The number of halogens is 3. The van der Waals surface area contributed by atoms with Gasteiger partial charge in [0.2, 0.25) is 0 Å². The third-order valence-electron chi connectivity index (χ3n) is 3.23. The van der Waals surface area contributed by atoms with E-state index in [0.29, 0.717) is 21.5 Å². The Bertz CT molecular complexity index is 875. The van der Waals surface area contributed by atoms with Crippen LogP contribution in [0.1, 0.15) is 5.56 Å². The lowest BCUT2D eigenvalue weighted by Gasteiger charge is -2.07. The largest absolute Gasteiger partial charge is 0.494 e. The molecule has 2 aromatic carbocycles. The van der Waals surface area contributed by atoms with E-state index in [-0.39, 0.29) is 11.7 Å². The maximum Gasteiger partial charge on any atom is 0.264 e. The van der Waals surface area contributed by atoms with E-state index in [4.69, 9.17) is 4.74 Å². The molecule has 0 atom stereocenters. The molecule has 1 fully saturated rings. The van der Waals surface area contributed by atoms with Crippen molar-refractivity contribution in [2.45, 2.75) is 0 Å². The highest BCUT2D eigenvalue weighted by molar-refractivity contribution is 9.11. The molecule has 2 aromatic rings. The Morgan fingerprint density at radius 3 is 2.44 bits per heavy atom. The predicted molar refractivity (Wildman–Crippen MR) is 106 cm³/mol. The van der Waals surface area contributed by atoms with Gasteiger partial charge in [0.1, 0.15) is 11.6 Å². The average Bonchev–Trinajstić information content (AvgIpc) is 2.89. The summed E-state index contributed by atoms with van der Waals surface area (Å²) in [5.74, 6) is 0.126. The molecule has 4 nitrogen and oxygen atoms in total. The molecule has 25 heavy (non-hydrogen) atoms. The second kappa shape index (κ2) is 7.72. The molecule has 8 heteroatoms. The molecule has 1 saturated heterocycles. The smallest absolute Gasteiger partial charge is 0.264 e. The number of nitrogens with one attached hydrogen (secondary N) is 1. The number of hydrogen-bond acceptors (Lipinski definition) is 4. The van der Waals surface area contributed by atoms with Gasteiger partial charge in [-0.3, -0.25) is 4.79 Å². The Morgan fingerprint density at radius 1 is 1.20 bits per heavy atom. The second-order valence-corrected chi connectivity index (χ2v) is 7.72. The van der Waals surface area contributed by atoms with E-state index in [1.165, 1.54) is 23.9 Å². The number of methoxy groups -OCH3 is 1. The Morgan fingerprint density at radius 2 is 1.84 bits per heavy atom. The van der Waals surface area contributed by atoms with Crippen molar-refractivity contribution < 1.29 is 13.9 Å². The Hall–Kier alpha value is -1.64. The predicted octanol–water partition coefficient (Wildman–Crippen LogP) is 5.25. The highest BCUT2D eigenvalue weighted by Crippen LogP contribution is 2.36. The lowest BCUT2D eigenvalue weighted by atomic mass is 10.2. The molecule has 0 spiro atoms. The third kappa shape index (κ3) is 4.31. The van der Waals surface area contributed by atoms with E-state index in [9.17, 15) is 9.18 Å². The number of hydrogen-bond donors (Lipinski definition) is 1. The molecule has 0 unspecified atom stereocenters. The Balaban J connectivity index is 1.85. The minimum absolute atomic E-state index is 0.228. The molecule has 0 saturated carbocycles. The first kappa shape index (κ1) is 18.2. The summed E-state index contributed by atoms with van der Waals surface area (Å²) in [7, 11) is 1.58. The van der Waals surface area contributed by atoms with Crippen LogP contribution in [0.3, 0.4) is 0 Å². The van der Waals surface area contributed by atoms with Crippen LogP contribution in [0.5, 0.6) is 5.75 Å². The topological polar surface area (TPSA) is 50.7 Å². The van der Waals surface area contributed by atoms with Crippen molar-refractivity contribution in [1.82, 2.24) is 5.32 Å². The molecule has 1 N–H and O–H groups in total. The summed E-state index contributed by atoms with van der Waals surface area (Å²) >= 11 is 8.11. The maximum absolute atomic E-state index is 12.9. The number of nitrogens with zero attached hydrogens (tertiary/aromatic N) is 1. The van der Waals surface area contributed by atoms with Crippen LogP contribution in [0.15, 0.2) is 55.2 Å². The van der Waals surface area contributed by atoms with E-state index >= 15 is 0 Å². The van der Waals surface area contributed by atoms with Crippen LogP contribution in [0.25, 0.3) is 6.08 Å². The molecule has 0 aliphatic carbocycles. The van der Waals surface area contributed by atoms with E-state index in [2.05, 4.69) is 42.2 Å². The fourth-order valence-electron chi connectivity index (χ4n) is 2.12. The minimum atomic E-state index is -0.330. The number of amidine groups is 1. The lowest BCUT2D eigenvalue weighted by Crippen LogP contribution is -2.19. The molecule has 1 amide bonds. The van der Waals surface area contributed by atoms with Crippen molar-refractivity contribution in [1.29, 1.82) is 0 Å². The van der Waals surface area contributed by atoms with Crippen molar-refractivity contribution in [2.24, 2.45) is 4.99 Å². The minimum Gasteiger partial charge on any atom is -0.494 e. The van der Waals surface area contributed by atoms with Gasteiger partial charge in [-0.1, -0.05) is 0 Å². The van der Waals surface area contributed by atoms with Crippen LogP contribution in [0.2, 0.25) is 0 Å². The number of thioether (sulfide) groups is 1. The first-order chi connectivity index (χ1) is 12.0. The van der Waals surface area contributed by atoms with E-state index < -0.39 is 0 Å². The number of carbonyl (C=O) groups excluding carboxylic acids is 1. The molecule has 128 valence electrons. The van der Waals surface area contributed by atoms with Crippen molar-refractivity contribution >= 4 is 66.5 Å². The zero-order chi connectivity index (χ0) is 18.0. The average molecular weight is 486 g/mol. The molecule has 1 aliphatic rings. The molecular weight excluding hydrogens is 475 g/mol. The summed E-state index contributed by atoms with van der Waals surface area (Å²) < 4.78 is 19.8. The van der Waals surface area contributed by atoms with Crippen LogP contribution >= 0.6 is 43.6 Å². The highest BCUT2D eigenvalue weighted by atomic mass is 79.9. The zero-order valence-electron chi connectivity index (χ0n) is 12.8. The number of aliphatic imine (C=N–C) groups is 1. The SMILES string of the molecule is COc1c(Br)cc(/C=C2/SC(=Nc3ccc(F)cc3)NC2=O)cc1Br. The van der Waals surface area contributed by atoms with Gasteiger partial charge >= 0.3 is 0 Å². The van der Waals surface area contributed by atoms with Gasteiger partial charge in [-0.05, 0) is 91.7 Å². The van der Waals surface area contributed by atoms with Crippen LogP contribution in [0.4, 0.5) is 10.1 Å². The molecule has 1 aliphatic heterocycles. The summed E-state index contributed by atoms with van der Waals surface area (Å²) in [4.78, 5) is 17.0. The number of ether oxygens (including phenoxy) is 1. The fourth-order valence-corrected chi connectivity index (χ4v) is 4.51. The van der Waals surface area contributed by atoms with Crippen molar-refractivity contribution in [3.8, 4) is 5.75 Å². The quantitative estimate of drug-likeness (QED) is 0.604. The Labute approximate surface area is 164 Å². The van der Waals surface area contributed by atoms with Crippen molar-refractivity contribution in [3.05, 3.63) is 61.6 Å². The second-order valence-electron chi connectivity index (χ2n) is 4.98. The van der Waals surface area contributed by atoms with Crippen LogP contribution < -0.4 is 10.1 Å².